The summed E-state index contributed by atoms with van der Waals surface area (Å²) in [5.74, 6) is -1.57. The number of benzene rings is 1. The first-order chi connectivity index (χ1) is 13.5. The molecule has 8 nitrogen and oxygen atoms in total. The van der Waals surface area contributed by atoms with Crippen LogP contribution in [0.2, 0.25) is 5.02 Å². The fraction of sp³-hybridized carbons (Fsp3) is 0.333. The fourth-order valence-electron chi connectivity index (χ4n) is 3.20. The monoisotopic (exact) mass is 443 g/mol. The van der Waals surface area contributed by atoms with Crippen molar-refractivity contribution in [2.75, 3.05) is 12.8 Å². The Kier molecular flexibility index (Phi) is 5.46. The van der Waals surface area contributed by atoms with Gasteiger partial charge in [0, 0.05) is 40.8 Å². The lowest BCUT2D eigenvalue weighted by Gasteiger charge is -2.27. The number of carbonyl (C=O) groups is 2. The van der Waals surface area contributed by atoms with Gasteiger partial charge >= 0.3 is 6.03 Å². The third-order valence-electron chi connectivity index (χ3n) is 5.23. The Morgan fingerprint density at radius 3 is 2.62 bits per heavy atom. The first-order valence-corrected chi connectivity index (χ1v) is 10.8. The highest BCUT2D eigenvalue weighted by molar-refractivity contribution is 7.92. The number of nitrogens with one attached hydrogen (secondary N) is 1. The van der Waals surface area contributed by atoms with Gasteiger partial charge in [0.25, 0.3) is 5.91 Å². The molecule has 29 heavy (non-hydrogen) atoms. The minimum atomic E-state index is -3.86. The molecule has 2 aromatic rings. The van der Waals surface area contributed by atoms with E-state index < -0.39 is 32.3 Å². The Bertz CT molecular complexity index is 1100. The Labute approximate surface area is 171 Å². The van der Waals surface area contributed by atoms with Gasteiger partial charge in [0.2, 0.25) is 0 Å². The van der Waals surface area contributed by atoms with E-state index in [1.807, 2.05) is 0 Å². The second-order valence-electron chi connectivity index (χ2n) is 7.11. The summed E-state index contributed by atoms with van der Waals surface area (Å²) in [5, 5.41) is 9.14. The number of fused-ring (bicyclic) bond motifs is 1. The van der Waals surface area contributed by atoms with Crippen LogP contribution in [0, 0.1) is 5.82 Å². The zero-order chi connectivity index (χ0) is 21.6. The number of hydroxylamine groups is 1. The van der Waals surface area contributed by atoms with Crippen molar-refractivity contribution in [1.82, 2.24) is 14.9 Å². The van der Waals surface area contributed by atoms with Crippen LogP contribution in [0.1, 0.15) is 19.0 Å². The number of amides is 2. The van der Waals surface area contributed by atoms with E-state index in [0.717, 1.165) is 6.26 Å². The molecule has 0 aliphatic carbocycles. The Balaban J connectivity index is 1.78. The maximum Gasteiger partial charge on any atom is 0.328 e. The molecular formula is C18H19ClFN3O5S. The Hall–Kier alpha value is -2.43. The third kappa shape index (κ3) is 3.75. The molecule has 3 rings (SSSR count). The molecule has 1 aromatic carbocycles. The van der Waals surface area contributed by atoms with E-state index in [1.54, 1.807) is 12.1 Å². The molecule has 1 aromatic heterocycles. The quantitative estimate of drug-likeness (QED) is 0.526. The maximum atomic E-state index is 14.1. The molecule has 0 radical (unpaired) electrons. The second kappa shape index (κ2) is 7.43. The standard InChI is InChI=1S/C18H19ClFN3O5S/c1-18(16(24)21-26,29(2,27)28)5-6-22-10-13-7-11(9-23(13)17(22)25)14-4-3-12(19)8-15(14)20/h3-4,7-9,26H,5-6,10H2,1-2H3,(H,21,24)/t18-/m1/s1. The largest absolute Gasteiger partial charge is 0.328 e. The highest BCUT2D eigenvalue weighted by atomic mass is 35.5. The number of nitrogens with zero attached hydrogens (tertiary/aromatic N) is 2. The third-order valence-corrected chi connectivity index (χ3v) is 7.49. The van der Waals surface area contributed by atoms with Crippen LogP contribution in [0.4, 0.5) is 9.18 Å². The molecule has 2 N–H and O–H groups in total. The summed E-state index contributed by atoms with van der Waals surface area (Å²) < 4.78 is 37.7. The minimum absolute atomic E-state index is 0.0257. The number of halogens is 2. The van der Waals surface area contributed by atoms with Crippen molar-refractivity contribution in [3.05, 3.63) is 47.0 Å². The van der Waals surface area contributed by atoms with Gasteiger partial charge in [0.05, 0.1) is 6.54 Å². The van der Waals surface area contributed by atoms with Gasteiger partial charge in [-0.15, -0.1) is 0 Å². The molecule has 0 bridgehead atoms. The average Bonchev–Trinajstić information content (AvgIpc) is 3.17. The van der Waals surface area contributed by atoms with E-state index in [4.69, 9.17) is 16.8 Å². The number of aromatic nitrogens is 1. The molecule has 0 fully saturated rings. The van der Waals surface area contributed by atoms with Crippen molar-refractivity contribution in [2.24, 2.45) is 0 Å². The number of hydrogen-bond donors (Lipinski definition) is 2. The van der Waals surface area contributed by atoms with Crippen LogP contribution in [-0.2, 0) is 21.2 Å². The molecule has 0 unspecified atom stereocenters. The topological polar surface area (TPSA) is 109 Å². The normalized spacial score (nSPS) is 15.9. The van der Waals surface area contributed by atoms with Crippen molar-refractivity contribution in [2.45, 2.75) is 24.6 Å². The molecule has 1 atom stereocenters. The van der Waals surface area contributed by atoms with Gasteiger partial charge in [0.1, 0.15) is 5.82 Å². The van der Waals surface area contributed by atoms with Gasteiger partial charge in [-0.25, -0.2) is 23.1 Å². The van der Waals surface area contributed by atoms with Crippen LogP contribution in [0.3, 0.4) is 0 Å². The summed E-state index contributed by atoms with van der Waals surface area (Å²) in [6.45, 7) is 1.34. The highest BCUT2D eigenvalue weighted by Gasteiger charge is 2.44. The predicted molar refractivity (Wildman–Crippen MR) is 104 cm³/mol. The first kappa shape index (κ1) is 21.3. The summed E-state index contributed by atoms with van der Waals surface area (Å²) in [5.41, 5.74) is 2.80. The molecule has 0 saturated heterocycles. The molecule has 11 heteroatoms. The molecule has 156 valence electrons. The summed E-state index contributed by atoms with van der Waals surface area (Å²) in [6, 6.07) is 5.51. The number of hydrogen-bond acceptors (Lipinski definition) is 5. The highest BCUT2D eigenvalue weighted by Crippen LogP contribution is 2.31. The van der Waals surface area contributed by atoms with Crippen LogP contribution >= 0.6 is 11.6 Å². The van der Waals surface area contributed by atoms with E-state index in [0.29, 0.717) is 16.8 Å². The van der Waals surface area contributed by atoms with E-state index in [9.17, 15) is 22.4 Å². The SMILES string of the molecule is C[C@@](CCN1Cc2cc(-c3ccc(Cl)cc3F)cn2C1=O)(C(=O)NO)S(C)(=O)=O. The lowest BCUT2D eigenvalue weighted by molar-refractivity contribution is -0.131. The van der Waals surface area contributed by atoms with Gasteiger partial charge < -0.3 is 4.90 Å². The fourth-order valence-corrected chi connectivity index (χ4v) is 4.21. The predicted octanol–water partition coefficient (Wildman–Crippen LogP) is 2.43. The number of rotatable bonds is 6. The maximum absolute atomic E-state index is 14.1. The van der Waals surface area contributed by atoms with Crippen molar-refractivity contribution in [3.8, 4) is 11.1 Å². The Morgan fingerprint density at radius 2 is 2.07 bits per heavy atom. The lowest BCUT2D eigenvalue weighted by atomic mass is 10.1. The van der Waals surface area contributed by atoms with Crippen LogP contribution in [0.25, 0.3) is 11.1 Å². The van der Waals surface area contributed by atoms with Crippen molar-refractivity contribution in [3.63, 3.8) is 0 Å². The molecule has 1 aliphatic heterocycles. The average molecular weight is 444 g/mol. The second-order valence-corrected chi connectivity index (χ2v) is 9.99. The van der Waals surface area contributed by atoms with Gasteiger partial charge in [-0.1, -0.05) is 11.6 Å². The van der Waals surface area contributed by atoms with Gasteiger partial charge in [0.15, 0.2) is 14.6 Å². The van der Waals surface area contributed by atoms with E-state index in [1.165, 1.54) is 40.2 Å². The molecule has 0 spiro atoms. The summed E-state index contributed by atoms with van der Waals surface area (Å²) in [7, 11) is -3.86. The van der Waals surface area contributed by atoms with Gasteiger partial charge in [-0.2, -0.15) is 0 Å². The lowest BCUT2D eigenvalue weighted by Crippen LogP contribution is -2.50. The number of carbonyl (C=O) groups excluding carboxylic acids is 2. The summed E-state index contributed by atoms with van der Waals surface area (Å²) in [6.07, 6.45) is 2.19. The molecule has 0 saturated carbocycles. The van der Waals surface area contributed by atoms with Crippen LogP contribution in [0.5, 0.6) is 0 Å². The first-order valence-electron chi connectivity index (χ1n) is 8.58. The van der Waals surface area contributed by atoms with E-state index >= 15 is 0 Å². The van der Waals surface area contributed by atoms with E-state index in [-0.39, 0.29) is 24.5 Å². The summed E-state index contributed by atoms with van der Waals surface area (Å²) >= 11 is 5.77. The molecule has 2 heterocycles. The van der Waals surface area contributed by atoms with Gasteiger partial charge in [-0.05, 0) is 37.6 Å². The van der Waals surface area contributed by atoms with Crippen LogP contribution in [-0.4, -0.2) is 52.6 Å². The minimum Gasteiger partial charge on any atom is -0.318 e. The van der Waals surface area contributed by atoms with Gasteiger partial charge in [-0.3, -0.25) is 14.6 Å². The van der Waals surface area contributed by atoms with Crippen LogP contribution in [0.15, 0.2) is 30.5 Å². The zero-order valence-electron chi connectivity index (χ0n) is 15.6. The molecule has 1 aliphatic rings. The smallest absolute Gasteiger partial charge is 0.318 e. The number of sulfone groups is 1. The molecular weight excluding hydrogens is 425 g/mol. The zero-order valence-corrected chi connectivity index (χ0v) is 17.2. The Morgan fingerprint density at radius 1 is 1.38 bits per heavy atom. The summed E-state index contributed by atoms with van der Waals surface area (Å²) in [4.78, 5) is 25.9. The van der Waals surface area contributed by atoms with Crippen molar-refractivity contribution < 1.29 is 27.6 Å². The molecule has 2 amide bonds. The van der Waals surface area contributed by atoms with Crippen molar-refractivity contribution in [1.29, 1.82) is 0 Å². The van der Waals surface area contributed by atoms with E-state index in [2.05, 4.69) is 0 Å². The van der Waals surface area contributed by atoms with Crippen molar-refractivity contribution >= 4 is 33.4 Å². The van der Waals surface area contributed by atoms with Crippen LogP contribution < -0.4 is 5.48 Å².